The fourth-order valence-corrected chi connectivity index (χ4v) is 2.68. The Labute approximate surface area is 138 Å². The molecule has 0 spiro atoms. The monoisotopic (exact) mass is 333 g/mol. The highest BCUT2D eigenvalue weighted by Gasteiger charge is 2.44. The number of esters is 1. The van der Waals surface area contributed by atoms with Crippen LogP contribution < -0.4 is 0 Å². The van der Waals surface area contributed by atoms with Crippen molar-refractivity contribution >= 4 is 22.5 Å². The summed E-state index contributed by atoms with van der Waals surface area (Å²) in [4.78, 5) is 16.4. The van der Waals surface area contributed by atoms with Gasteiger partial charge in [-0.05, 0) is 23.8 Å². The lowest BCUT2D eigenvalue weighted by Gasteiger charge is -2.17. The topological polar surface area (TPSA) is 47.9 Å². The Bertz CT molecular complexity index is 789. The summed E-state index contributed by atoms with van der Waals surface area (Å²) in [6.45, 7) is 1.40. The first kappa shape index (κ1) is 16.4. The van der Waals surface area contributed by atoms with Gasteiger partial charge in [0.1, 0.15) is 6.10 Å². The van der Waals surface area contributed by atoms with Crippen molar-refractivity contribution in [3.05, 3.63) is 48.0 Å². The van der Waals surface area contributed by atoms with Crippen molar-refractivity contribution in [1.82, 2.24) is 0 Å². The Hall–Kier alpha value is -2.50. The average molecular weight is 333 g/mol. The van der Waals surface area contributed by atoms with Gasteiger partial charge < -0.3 is 9.57 Å². The van der Waals surface area contributed by atoms with Gasteiger partial charge in [-0.15, -0.1) is 0 Å². The maximum Gasteiger partial charge on any atom is 0.377 e. The van der Waals surface area contributed by atoms with Crippen LogP contribution in [0.15, 0.2) is 47.6 Å². The molecule has 0 aromatic heterocycles. The molecule has 24 heavy (non-hydrogen) atoms. The molecule has 0 aliphatic carbocycles. The summed E-state index contributed by atoms with van der Waals surface area (Å²) < 4.78 is 32.0. The maximum absolute atomic E-state index is 13.8. The van der Waals surface area contributed by atoms with Gasteiger partial charge in [0.15, 0.2) is 0 Å². The molecule has 4 nitrogen and oxygen atoms in total. The number of nitrogens with zero attached hydrogens (tertiary/aromatic N) is 1. The van der Waals surface area contributed by atoms with Gasteiger partial charge in [0.2, 0.25) is 0 Å². The summed E-state index contributed by atoms with van der Waals surface area (Å²) in [6, 6.07) is 13.6. The third kappa shape index (κ3) is 3.37. The van der Waals surface area contributed by atoms with Crippen molar-refractivity contribution < 1.29 is 23.1 Å². The predicted octanol–water partition coefficient (Wildman–Crippen LogP) is 3.92. The Morgan fingerprint density at radius 3 is 2.79 bits per heavy atom. The number of carbonyl (C=O) groups excluding carboxylic acids is 1. The number of alkyl halides is 2. The summed E-state index contributed by atoms with van der Waals surface area (Å²) in [6.07, 6.45) is -1.36. The number of rotatable bonds is 5. The SMILES string of the molecule is CCOC(=O)C(F)(F)CC1CC(c2ccc3ccccc3c2)=NO1. The molecule has 2 aromatic rings. The summed E-state index contributed by atoms with van der Waals surface area (Å²) >= 11 is 0. The van der Waals surface area contributed by atoms with Crippen LogP contribution in [0.25, 0.3) is 10.8 Å². The average Bonchev–Trinajstić information content (AvgIpc) is 3.02. The van der Waals surface area contributed by atoms with Crippen LogP contribution in [0.2, 0.25) is 0 Å². The molecule has 3 rings (SSSR count). The minimum Gasteiger partial charge on any atom is -0.462 e. The summed E-state index contributed by atoms with van der Waals surface area (Å²) in [5.74, 6) is -5.09. The highest BCUT2D eigenvalue weighted by atomic mass is 19.3. The highest BCUT2D eigenvalue weighted by molar-refractivity contribution is 6.04. The molecule has 0 radical (unpaired) electrons. The first-order valence-electron chi connectivity index (χ1n) is 7.76. The van der Waals surface area contributed by atoms with Crippen molar-refractivity contribution in [2.75, 3.05) is 6.61 Å². The highest BCUT2D eigenvalue weighted by Crippen LogP contribution is 2.29. The summed E-state index contributed by atoms with van der Waals surface area (Å²) in [5, 5.41) is 6.04. The van der Waals surface area contributed by atoms with Gasteiger partial charge in [-0.2, -0.15) is 8.78 Å². The molecule has 1 aliphatic heterocycles. The van der Waals surface area contributed by atoms with Crippen LogP contribution in [-0.4, -0.2) is 30.3 Å². The molecule has 0 saturated heterocycles. The van der Waals surface area contributed by atoms with Crippen LogP contribution in [0.1, 0.15) is 25.3 Å². The zero-order chi connectivity index (χ0) is 17.2. The number of hydrogen-bond acceptors (Lipinski definition) is 4. The molecule has 0 fully saturated rings. The quantitative estimate of drug-likeness (QED) is 0.779. The largest absolute Gasteiger partial charge is 0.462 e. The van der Waals surface area contributed by atoms with Crippen molar-refractivity contribution in [3.63, 3.8) is 0 Å². The van der Waals surface area contributed by atoms with Gasteiger partial charge >= 0.3 is 11.9 Å². The fourth-order valence-electron chi connectivity index (χ4n) is 2.68. The van der Waals surface area contributed by atoms with Crippen LogP contribution in [0.3, 0.4) is 0 Å². The number of fused-ring (bicyclic) bond motifs is 1. The summed E-state index contributed by atoms with van der Waals surface area (Å²) in [5.41, 5.74) is 1.43. The fraction of sp³-hybridized carbons (Fsp3) is 0.333. The van der Waals surface area contributed by atoms with Gasteiger partial charge in [-0.25, -0.2) is 4.79 Å². The van der Waals surface area contributed by atoms with E-state index in [0.29, 0.717) is 5.71 Å². The van der Waals surface area contributed by atoms with Gasteiger partial charge in [0.25, 0.3) is 0 Å². The van der Waals surface area contributed by atoms with Crippen molar-refractivity contribution in [3.8, 4) is 0 Å². The second-order valence-electron chi connectivity index (χ2n) is 5.66. The molecule has 1 aliphatic rings. The van der Waals surface area contributed by atoms with Gasteiger partial charge in [-0.1, -0.05) is 41.6 Å². The van der Waals surface area contributed by atoms with E-state index in [1.165, 1.54) is 6.92 Å². The van der Waals surface area contributed by atoms with Crippen LogP contribution in [0.5, 0.6) is 0 Å². The molecule has 6 heteroatoms. The smallest absolute Gasteiger partial charge is 0.377 e. The lowest BCUT2D eigenvalue weighted by Crippen LogP contribution is -2.35. The van der Waals surface area contributed by atoms with E-state index in [0.717, 1.165) is 16.3 Å². The normalized spacial score (nSPS) is 17.5. The lowest BCUT2D eigenvalue weighted by atomic mass is 9.99. The van der Waals surface area contributed by atoms with Crippen molar-refractivity contribution in [1.29, 1.82) is 0 Å². The standard InChI is InChI=1S/C18H17F2NO3/c1-2-23-17(22)18(19,20)11-15-10-16(21-24-15)14-8-7-12-5-3-4-6-13(12)9-14/h3-9,15H,2,10-11H2,1H3. The third-order valence-corrected chi connectivity index (χ3v) is 3.87. The van der Waals surface area contributed by atoms with E-state index >= 15 is 0 Å². The number of hydrogen-bond donors (Lipinski definition) is 0. The van der Waals surface area contributed by atoms with E-state index in [4.69, 9.17) is 4.84 Å². The number of halogens is 2. The number of ether oxygens (including phenoxy) is 1. The van der Waals surface area contributed by atoms with Crippen LogP contribution in [-0.2, 0) is 14.4 Å². The number of oxime groups is 1. The lowest BCUT2D eigenvalue weighted by molar-refractivity contribution is -0.176. The Balaban J connectivity index is 1.69. The Morgan fingerprint density at radius 1 is 1.29 bits per heavy atom. The van der Waals surface area contributed by atoms with Crippen molar-refractivity contribution in [2.45, 2.75) is 31.8 Å². The van der Waals surface area contributed by atoms with E-state index in [1.807, 2.05) is 42.5 Å². The second-order valence-corrected chi connectivity index (χ2v) is 5.66. The third-order valence-electron chi connectivity index (χ3n) is 3.87. The minimum absolute atomic E-state index is 0.0845. The first-order valence-corrected chi connectivity index (χ1v) is 7.76. The molecule has 1 unspecified atom stereocenters. The molecule has 126 valence electrons. The molecule has 0 amide bonds. The first-order chi connectivity index (χ1) is 11.5. The molecule has 0 saturated carbocycles. The minimum atomic E-state index is -3.57. The van der Waals surface area contributed by atoms with Gasteiger partial charge in [0, 0.05) is 12.0 Å². The summed E-state index contributed by atoms with van der Waals surface area (Å²) in [7, 11) is 0. The van der Waals surface area contributed by atoms with Crippen LogP contribution >= 0.6 is 0 Å². The Morgan fingerprint density at radius 2 is 2.04 bits per heavy atom. The van der Waals surface area contributed by atoms with Crippen molar-refractivity contribution in [2.24, 2.45) is 5.16 Å². The van der Waals surface area contributed by atoms with E-state index in [9.17, 15) is 13.6 Å². The van der Waals surface area contributed by atoms with Gasteiger partial charge in [0.05, 0.1) is 18.7 Å². The second kappa shape index (κ2) is 6.55. The molecule has 1 heterocycles. The Kier molecular flexibility index (Phi) is 4.46. The molecular weight excluding hydrogens is 316 g/mol. The zero-order valence-electron chi connectivity index (χ0n) is 13.2. The van der Waals surface area contributed by atoms with E-state index in [1.54, 1.807) is 0 Å². The maximum atomic E-state index is 13.8. The molecule has 0 bridgehead atoms. The molecule has 2 aromatic carbocycles. The van der Waals surface area contributed by atoms with Crippen LogP contribution in [0.4, 0.5) is 8.78 Å². The molecular formula is C18H17F2NO3. The number of benzene rings is 2. The molecule has 0 N–H and O–H groups in total. The molecule has 1 atom stereocenters. The van der Waals surface area contributed by atoms with E-state index in [-0.39, 0.29) is 13.0 Å². The van der Waals surface area contributed by atoms with E-state index in [2.05, 4.69) is 9.89 Å². The zero-order valence-corrected chi connectivity index (χ0v) is 13.2. The number of carbonyl (C=O) groups is 1. The van der Waals surface area contributed by atoms with Gasteiger partial charge in [-0.3, -0.25) is 0 Å². The van der Waals surface area contributed by atoms with E-state index < -0.39 is 24.4 Å². The van der Waals surface area contributed by atoms with Crippen LogP contribution in [0, 0.1) is 0 Å². The predicted molar refractivity (Wildman–Crippen MR) is 86.2 cm³/mol.